The van der Waals surface area contributed by atoms with Gasteiger partial charge in [0, 0.05) is 12.6 Å². The highest BCUT2D eigenvalue weighted by Gasteiger charge is 2.24. The lowest BCUT2D eigenvalue weighted by atomic mass is 10.1. The Kier molecular flexibility index (Phi) is 5.12. The Morgan fingerprint density at radius 3 is 2.40 bits per heavy atom. The zero-order valence-corrected chi connectivity index (χ0v) is 12.9. The van der Waals surface area contributed by atoms with Crippen molar-refractivity contribution in [3.63, 3.8) is 0 Å². The number of rotatable bonds is 4. The van der Waals surface area contributed by atoms with Crippen LogP contribution in [-0.4, -0.2) is 31.8 Å². The van der Waals surface area contributed by atoms with Crippen molar-refractivity contribution < 1.29 is 17.6 Å². The molecule has 112 valence electrons. The maximum absolute atomic E-state index is 13.9. The number of halogens is 2. The summed E-state index contributed by atoms with van der Waals surface area (Å²) in [7, 11) is -4.13. The molecule has 0 spiro atoms. The Balaban J connectivity index is 3.43. The van der Waals surface area contributed by atoms with E-state index in [1.807, 2.05) is 0 Å². The minimum atomic E-state index is -4.13. The molecule has 20 heavy (non-hydrogen) atoms. The summed E-state index contributed by atoms with van der Waals surface area (Å²) in [6, 6.07) is 1.50. The molecule has 1 rings (SSSR count). The van der Waals surface area contributed by atoms with Crippen LogP contribution in [0.1, 0.15) is 31.1 Å². The van der Waals surface area contributed by atoms with Crippen molar-refractivity contribution in [2.24, 2.45) is 5.14 Å². The van der Waals surface area contributed by atoms with Gasteiger partial charge in [0.05, 0.1) is 10.6 Å². The predicted octanol–water partition coefficient (Wildman–Crippen LogP) is 2.00. The number of carbonyl (C=O) groups excluding carboxylic acids is 1. The summed E-state index contributed by atoms with van der Waals surface area (Å²) in [5.74, 6) is -1.49. The average molecular weight is 323 g/mol. The van der Waals surface area contributed by atoms with E-state index in [9.17, 15) is 17.6 Å². The van der Waals surface area contributed by atoms with Crippen molar-refractivity contribution in [3.8, 4) is 0 Å². The SMILES string of the molecule is CCN(C(=O)c1cc(S(N)(=O)=O)c(Cl)cc1F)C(C)C. The van der Waals surface area contributed by atoms with E-state index in [1.54, 1.807) is 20.8 Å². The smallest absolute Gasteiger partial charge is 0.257 e. The van der Waals surface area contributed by atoms with E-state index >= 15 is 0 Å². The first-order chi connectivity index (χ1) is 9.09. The van der Waals surface area contributed by atoms with Crippen LogP contribution in [-0.2, 0) is 10.0 Å². The summed E-state index contributed by atoms with van der Waals surface area (Å²) in [6.07, 6.45) is 0. The maximum atomic E-state index is 13.9. The number of primary sulfonamides is 1. The lowest BCUT2D eigenvalue weighted by molar-refractivity contribution is 0.0712. The van der Waals surface area contributed by atoms with E-state index in [2.05, 4.69) is 0 Å². The number of carbonyl (C=O) groups is 1. The van der Waals surface area contributed by atoms with Crippen LogP contribution in [0.3, 0.4) is 0 Å². The molecule has 0 atom stereocenters. The maximum Gasteiger partial charge on any atom is 0.257 e. The van der Waals surface area contributed by atoms with Gasteiger partial charge in [0.25, 0.3) is 5.91 Å². The van der Waals surface area contributed by atoms with Gasteiger partial charge < -0.3 is 4.90 Å². The molecule has 1 amide bonds. The molecule has 0 aliphatic carbocycles. The molecule has 0 saturated carbocycles. The van der Waals surface area contributed by atoms with Gasteiger partial charge in [0.1, 0.15) is 10.7 Å². The lowest BCUT2D eigenvalue weighted by Crippen LogP contribution is -2.37. The summed E-state index contributed by atoms with van der Waals surface area (Å²) < 4.78 is 36.6. The first-order valence-electron chi connectivity index (χ1n) is 5.92. The summed E-state index contributed by atoms with van der Waals surface area (Å²) in [5, 5.41) is 4.63. The Hall–Kier alpha value is -1.18. The molecule has 0 unspecified atom stereocenters. The quantitative estimate of drug-likeness (QED) is 0.920. The van der Waals surface area contributed by atoms with Gasteiger partial charge in [0.15, 0.2) is 0 Å². The molecular weight excluding hydrogens is 307 g/mol. The van der Waals surface area contributed by atoms with Crippen LogP contribution in [0.15, 0.2) is 17.0 Å². The summed E-state index contributed by atoms with van der Waals surface area (Å²) >= 11 is 5.64. The van der Waals surface area contributed by atoms with Crippen LogP contribution < -0.4 is 5.14 Å². The van der Waals surface area contributed by atoms with E-state index in [4.69, 9.17) is 16.7 Å². The number of nitrogens with two attached hydrogens (primary N) is 1. The summed E-state index contributed by atoms with van der Waals surface area (Å²) in [6.45, 7) is 5.65. The topological polar surface area (TPSA) is 80.5 Å². The molecule has 0 aromatic heterocycles. The zero-order chi connectivity index (χ0) is 15.7. The van der Waals surface area contributed by atoms with E-state index in [0.29, 0.717) is 6.54 Å². The molecule has 1 aromatic carbocycles. The molecule has 0 bridgehead atoms. The van der Waals surface area contributed by atoms with Gasteiger partial charge in [-0.15, -0.1) is 0 Å². The Morgan fingerprint density at radius 1 is 1.45 bits per heavy atom. The molecule has 0 radical (unpaired) electrons. The fourth-order valence-electron chi connectivity index (χ4n) is 1.81. The van der Waals surface area contributed by atoms with Crippen LogP contribution in [0, 0.1) is 5.82 Å². The molecule has 8 heteroatoms. The Morgan fingerprint density at radius 2 is 2.00 bits per heavy atom. The molecular formula is C12H16ClFN2O3S. The van der Waals surface area contributed by atoms with Crippen LogP contribution in [0.2, 0.25) is 5.02 Å². The third-order valence-electron chi connectivity index (χ3n) is 2.78. The minimum Gasteiger partial charge on any atom is -0.336 e. The van der Waals surface area contributed by atoms with E-state index in [-0.39, 0.29) is 16.6 Å². The second-order valence-corrected chi connectivity index (χ2v) is 6.43. The fourth-order valence-corrected chi connectivity index (χ4v) is 2.89. The second kappa shape index (κ2) is 6.07. The van der Waals surface area contributed by atoms with E-state index in [0.717, 1.165) is 12.1 Å². The number of nitrogens with zero attached hydrogens (tertiary/aromatic N) is 1. The molecule has 0 saturated heterocycles. The highest BCUT2D eigenvalue weighted by Crippen LogP contribution is 2.25. The predicted molar refractivity (Wildman–Crippen MR) is 74.6 cm³/mol. The number of hydrogen-bond acceptors (Lipinski definition) is 3. The number of amides is 1. The molecule has 2 N–H and O–H groups in total. The highest BCUT2D eigenvalue weighted by atomic mass is 35.5. The Labute approximate surface area is 122 Å². The average Bonchev–Trinajstić information content (AvgIpc) is 2.27. The van der Waals surface area contributed by atoms with Gasteiger partial charge in [-0.25, -0.2) is 17.9 Å². The van der Waals surface area contributed by atoms with Gasteiger partial charge in [-0.3, -0.25) is 4.79 Å². The van der Waals surface area contributed by atoms with Crippen molar-refractivity contribution in [1.29, 1.82) is 0 Å². The Bertz CT molecular complexity index is 632. The second-order valence-electron chi connectivity index (χ2n) is 4.49. The minimum absolute atomic E-state index is 0.152. The van der Waals surface area contributed by atoms with Crippen LogP contribution in [0.4, 0.5) is 4.39 Å². The molecule has 1 aromatic rings. The van der Waals surface area contributed by atoms with E-state index < -0.39 is 26.6 Å². The fraction of sp³-hybridized carbons (Fsp3) is 0.417. The van der Waals surface area contributed by atoms with Gasteiger partial charge >= 0.3 is 0 Å². The van der Waals surface area contributed by atoms with Gasteiger partial charge in [0.2, 0.25) is 10.0 Å². The normalized spacial score (nSPS) is 11.8. The molecule has 0 fully saturated rings. The molecule has 0 heterocycles. The van der Waals surface area contributed by atoms with Crippen molar-refractivity contribution >= 4 is 27.5 Å². The highest BCUT2D eigenvalue weighted by molar-refractivity contribution is 7.89. The van der Waals surface area contributed by atoms with Gasteiger partial charge in [-0.05, 0) is 32.9 Å². The third kappa shape index (κ3) is 3.47. The van der Waals surface area contributed by atoms with Crippen LogP contribution in [0.25, 0.3) is 0 Å². The van der Waals surface area contributed by atoms with Crippen LogP contribution >= 0.6 is 11.6 Å². The lowest BCUT2D eigenvalue weighted by Gasteiger charge is -2.25. The van der Waals surface area contributed by atoms with Gasteiger partial charge in [-0.2, -0.15) is 0 Å². The number of sulfonamides is 1. The van der Waals surface area contributed by atoms with Crippen LogP contribution in [0.5, 0.6) is 0 Å². The van der Waals surface area contributed by atoms with Crippen molar-refractivity contribution in [3.05, 3.63) is 28.5 Å². The molecule has 0 aliphatic heterocycles. The summed E-state index contributed by atoms with van der Waals surface area (Å²) in [4.78, 5) is 13.2. The van der Waals surface area contributed by atoms with Crippen molar-refractivity contribution in [2.75, 3.05) is 6.54 Å². The number of hydrogen-bond donors (Lipinski definition) is 1. The first kappa shape index (κ1) is 16.9. The van der Waals surface area contributed by atoms with E-state index in [1.165, 1.54) is 4.90 Å². The molecule has 0 aliphatic rings. The monoisotopic (exact) mass is 322 g/mol. The van der Waals surface area contributed by atoms with Crippen molar-refractivity contribution in [1.82, 2.24) is 4.90 Å². The third-order valence-corrected chi connectivity index (χ3v) is 4.16. The summed E-state index contributed by atoms with van der Waals surface area (Å²) in [5.41, 5.74) is -0.367. The number of benzene rings is 1. The van der Waals surface area contributed by atoms with Gasteiger partial charge in [-0.1, -0.05) is 11.6 Å². The molecule has 5 nitrogen and oxygen atoms in total. The zero-order valence-electron chi connectivity index (χ0n) is 11.4. The van der Waals surface area contributed by atoms with Crippen molar-refractivity contribution in [2.45, 2.75) is 31.7 Å². The largest absolute Gasteiger partial charge is 0.336 e. The standard InChI is InChI=1S/C12H16ClFN2O3S/c1-4-16(7(2)3)12(17)8-5-11(20(15,18)19)9(13)6-10(8)14/h5-7H,4H2,1-3H3,(H2,15,18,19). The first-order valence-corrected chi connectivity index (χ1v) is 7.84.